The third-order valence-electron chi connectivity index (χ3n) is 2.39. The first-order chi connectivity index (χ1) is 8.90. The molecule has 4 heteroatoms. The quantitative estimate of drug-likeness (QED) is 0.520. The fraction of sp³-hybridized carbons (Fsp3) is 0.200. The molecule has 0 radical (unpaired) electrons. The summed E-state index contributed by atoms with van der Waals surface area (Å²) < 4.78 is 0. The average Bonchev–Trinajstić information content (AvgIpc) is 2.33. The highest BCUT2D eigenvalue weighted by atomic mass is 35.5. The van der Waals surface area contributed by atoms with Crippen LogP contribution in [0.15, 0.2) is 42.5 Å². The monoisotopic (exact) mass is 334 g/mol. The van der Waals surface area contributed by atoms with Crippen molar-refractivity contribution in [1.82, 2.24) is 0 Å². The number of benzene rings is 2. The maximum Gasteiger partial charge on any atom is 0.0455 e. The van der Waals surface area contributed by atoms with Crippen molar-refractivity contribution in [3.63, 3.8) is 0 Å². The summed E-state index contributed by atoms with van der Waals surface area (Å²) in [6, 6.07) is 12.6. The standard InChI is InChI=1S/C9H10Cl2.C6H4Cl2/c1-6(2)8-4-3-7(10)5-9(8)11;7-5-1-2-6(8)4-3-5/h3-6H,1-2H3;1-4H. The summed E-state index contributed by atoms with van der Waals surface area (Å²) in [6.07, 6.45) is 0. The first-order valence-corrected chi connectivity index (χ1v) is 7.27. The fourth-order valence-corrected chi connectivity index (χ4v) is 2.28. The summed E-state index contributed by atoms with van der Waals surface area (Å²) in [7, 11) is 0. The van der Waals surface area contributed by atoms with Crippen molar-refractivity contribution in [3.05, 3.63) is 68.1 Å². The second kappa shape index (κ2) is 8.01. The van der Waals surface area contributed by atoms with Crippen molar-refractivity contribution >= 4 is 46.4 Å². The second-order valence-electron chi connectivity index (χ2n) is 4.26. The summed E-state index contributed by atoms with van der Waals surface area (Å²) >= 11 is 22.8. The molecule has 0 heterocycles. The molecule has 0 atom stereocenters. The maximum atomic E-state index is 5.94. The number of hydrogen-bond acceptors (Lipinski definition) is 0. The Labute approximate surface area is 134 Å². The molecule has 0 spiro atoms. The van der Waals surface area contributed by atoms with E-state index in [0.29, 0.717) is 10.9 Å². The van der Waals surface area contributed by atoms with Crippen LogP contribution in [0, 0.1) is 0 Å². The molecule has 2 rings (SSSR count). The van der Waals surface area contributed by atoms with Crippen molar-refractivity contribution < 1.29 is 0 Å². The SMILES string of the molecule is CC(C)c1ccc(Cl)cc1Cl.Clc1ccc(Cl)cc1. The molecule has 0 aromatic heterocycles. The van der Waals surface area contributed by atoms with Crippen molar-refractivity contribution in [2.24, 2.45) is 0 Å². The fourth-order valence-electron chi connectivity index (χ4n) is 1.40. The molecule has 0 saturated carbocycles. The number of rotatable bonds is 1. The molecule has 0 bridgehead atoms. The van der Waals surface area contributed by atoms with Crippen LogP contribution in [0.1, 0.15) is 25.3 Å². The van der Waals surface area contributed by atoms with Crippen molar-refractivity contribution in [2.45, 2.75) is 19.8 Å². The smallest absolute Gasteiger partial charge is 0.0455 e. The lowest BCUT2D eigenvalue weighted by Gasteiger charge is -2.06. The van der Waals surface area contributed by atoms with Gasteiger partial charge in [0.1, 0.15) is 0 Å². The van der Waals surface area contributed by atoms with Crippen LogP contribution in [0.5, 0.6) is 0 Å². The minimum Gasteiger partial charge on any atom is -0.0843 e. The molecule has 2 aromatic carbocycles. The van der Waals surface area contributed by atoms with E-state index in [1.165, 1.54) is 0 Å². The average molecular weight is 336 g/mol. The summed E-state index contributed by atoms with van der Waals surface area (Å²) in [5.74, 6) is 0.458. The largest absolute Gasteiger partial charge is 0.0843 e. The molecule has 0 amide bonds. The Morgan fingerprint density at radius 1 is 0.684 bits per heavy atom. The van der Waals surface area contributed by atoms with Crippen LogP contribution < -0.4 is 0 Å². The highest BCUT2D eigenvalue weighted by Crippen LogP contribution is 2.26. The van der Waals surface area contributed by atoms with Gasteiger partial charge in [-0.1, -0.05) is 66.3 Å². The predicted molar refractivity (Wildman–Crippen MR) is 87.0 cm³/mol. The molecule has 0 nitrogen and oxygen atoms in total. The lowest BCUT2D eigenvalue weighted by atomic mass is 10.0. The topological polar surface area (TPSA) is 0 Å². The number of hydrogen-bond donors (Lipinski definition) is 0. The Balaban J connectivity index is 0.000000200. The van der Waals surface area contributed by atoms with Crippen LogP contribution >= 0.6 is 46.4 Å². The molecule has 0 aliphatic heterocycles. The van der Waals surface area contributed by atoms with Crippen molar-refractivity contribution in [1.29, 1.82) is 0 Å². The maximum absolute atomic E-state index is 5.94. The van der Waals surface area contributed by atoms with Crippen LogP contribution in [-0.2, 0) is 0 Å². The van der Waals surface area contributed by atoms with E-state index in [-0.39, 0.29) is 0 Å². The predicted octanol–water partition coefficient (Wildman–Crippen LogP) is 7.11. The molecular weight excluding hydrogens is 322 g/mol. The van der Waals surface area contributed by atoms with Crippen molar-refractivity contribution in [2.75, 3.05) is 0 Å². The van der Waals surface area contributed by atoms with Gasteiger partial charge in [0.2, 0.25) is 0 Å². The Morgan fingerprint density at radius 3 is 1.47 bits per heavy atom. The molecule has 0 N–H and O–H groups in total. The van der Waals surface area contributed by atoms with E-state index in [1.54, 1.807) is 30.3 Å². The van der Waals surface area contributed by atoms with E-state index in [0.717, 1.165) is 20.6 Å². The van der Waals surface area contributed by atoms with Crippen LogP contribution in [0.4, 0.5) is 0 Å². The zero-order valence-corrected chi connectivity index (χ0v) is 13.7. The Kier molecular flexibility index (Phi) is 7.02. The molecule has 19 heavy (non-hydrogen) atoms. The Morgan fingerprint density at radius 2 is 1.11 bits per heavy atom. The van der Waals surface area contributed by atoms with Crippen LogP contribution in [0.25, 0.3) is 0 Å². The molecule has 0 fully saturated rings. The minimum atomic E-state index is 0.458. The van der Waals surface area contributed by atoms with Gasteiger partial charge in [-0.3, -0.25) is 0 Å². The molecule has 2 aromatic rings. The van der Waals surface area contributed by atoms with Gasteiger partial charge in [0, 0.05) is 20.1 Å². The Bertz CT molecular complexity index is 497. The van der Waals surface area contributed by atoms with Crippen LogP contribution in [0.3, 0.4) is 0 Å². The van der Waals surface area contributed by atoms with E-state index in [2.05, 4.69) is 13.8 Å². The number of halogens is 4. The molecule has 0 saturated heterocycles. The molecule has 102 valence electrons. The lowest BCUT2D eigenvalue weighted by molar-refractivity contribution is 0.867. The normalized spacial score (nSPS) is 10.1. The van der Waals surface area contributed by atoms with E-state index in [1.807, 2.05) is 12.1 Å². The van der Waals surface area contributed by atoms with Gasteiger partial charge in [0.15, 0.2) is 0 Å². The van der Waals surface area contributed by atoms with Gasteiger partial charge in [-0.15, -0.1) is 0 Å². The molecular formula is C15H14Cl4. The first kappa shape index (κ1) is 16.7. The Hall–Kier alpha value is -0.400. The van der Waals surface area contributed by atoms with Crippen LogP contribution in [0.2, 0.25) is 20.1 Å². The van der Waals surface area contributed by atoms with E-state index in [9.17, 15) is 0 Å². The summed E-state index contributed by atoms with van der Waals surface area (Å²) in [6.45, 7) is 4.21. The zero-order valence-electron chi connectivity index (χ0n) is 10.6. The van der Waals surface area contributed by atoms with Gasteiger partial charge in [0.05, 0.1) is 0 Å². The second-order valence-corrected chi connectivity index (χ2v) is 5.97. The third kappa shape index (κ3) is 6.05. The van der Waals surface area contributed by atoms with E-state index < -0.39 is 0 Å². The van der Waals surface area contributed by atoms with Gasteiger partial charge >= 0.3 is 0 Å². The summed E-state index contributed by atoms with van der Waals surface area (Å²) in [5, 5.41) is 2.88. The third-order valence-corrected chi connectivity index (χ3v) is 3.45. The highest BCUT2D eigenvalue weighted by molar-refractivity contribution is 6.35. The summed E-state index contributed by atoms with van der Waals surface area (Å²) in [4.78, 5) is 0. The molecule has 0 aliphatic rings. The first-order valence-electron chi connectivity index (χ1n) is 5.76. The van der Waals surface area contributed by atoms with Crippen molar-refractivity contribution in [3.8, 4) is 0 Å². The van der Waals surface area contributed by atoms with E-state index >= 15 is 0 Å². The summed E-state index contributed by atoms with van der Waals surface area (Å²) in [5.41, 5.74) is 1.15. The van der Waals surface area contributed by atoms with Gasteiger partial charge < -0.3 is 0 Å². The van der Waals surface area contributed by atoms with Gasteiger partial charge in [0.25, 0.3) is 0 Å². The van der Waals surface area contributed by atoms with Gasteiger partial charge in [-0.05, 0) is 47.9 Å². The van der Waals surface area contributed by atoms with Gasteiger partial charge in [-0.2, -0.15) is 0 Å². The molecule has 0 aliphatic carbocycles. The van der Waals surface area contributed by atoms with E-state index in [4.69, 9.17) is 46.4 Å². The highest BCUT2D eigenvalue weighted by Gasteiger charge is 2.03. The lowest BCUT2D eigenvalue weighted by Crippen LogP contribution is -1.87. The zero-order chi connectivity index (χ0) is 14.4. The minimum absolute atomic E-state index is 0.458. The van der Waals surface area contributed by atoms with Gasteiger partial charge in [-0.25, -0.2) is 0 Å². The molecule has 0 unspecified atom stereocenters. The van der Waals surface area contributed by atoms with Crippen LogP contribution in [-0.4, -0.2) is 0 Å².